The van der Waals surface area contributed by atoms with Crippen molar-refractivity contribution in [1.29, 1.82) is 0 Å². The van der Waals surface area contributed by atoms with Gasteiger partial charge in [0.15, 0.2) is 12.4 Å². The van der Waals surface area contributed by atoms with Gasteiger partial charge in [-0.1, -0.05) is 11.6 Å². The van der Waals surface area contributed by atoms with Crippen molar-refractivity contribution in [3.05, 3.63) is 57.2 Å². The Morgan fingerprint density at radius 3 is 2.54 bits per heavy atom. The first-order chi connectivity index (χ1) is 13.4. The van der Waals surface area contributed by atoms with E-state index in [0.717, 1.165) is 5.56 Å². The summed E-state index contributed by atoms with van der Waals surface area (Å²) < 4.78 is 21.5. The molecule has 3 rings (SSSR count). The number of rotatable bonds is 6. The fourth-order valence-corrected chi connectivity index (χ4v) is 2.86. The summed E-state index contributed by atoms with van der Waals surface area (Å²) in [7, 11) is 1.56. The third-order valence-corrected chi connectivity index (χ3v) is 4.53. The number of benzene rings is 2. The molecule has 3 aromatic rings. The summed E-state index contributed by atoms with van der Waals surface area (Å²) in [5, 5.41) is 0.708. The third-order valence-electron chi connectivity index (χ3n) is 4.12. The number of carbonyl (C=O) groups excluding carboxylic acids is 1. The highest BCUT2D eigenvalue weighted by Gasteiger charge is 2.20. The van der Waals surface area contributed by atoms with E-state index in [1.54, 1.807) is 44.4 Å². The SMILES string of the molecule is CCOC(=O)COc1c(-c2ccc(OC)cc2)oc2cc(C)c(Cl)cc2c1=O. The molecule has 146 valence electrons. The monoisotopic (exact) mass is 402 g/mol. The van der Waals surface area contributed by atoms with E-state index < -0.39 is 18.0 Å². The Labute approximate surface area is 166 Å². The minimum absolute atomic E-state index is 0.0781. The average Bonchev–Trinajstić information content (AvgIpc) is 2.69. The molecule has 0 N–H and O–H groups in total. The molecule has 6 nitrogen and oxygen atoms in total. The largest absolute Gasteiger partial charge is 0.497 e. The Bertz CT molecular complexity index is 1070. The van der Waals surface area contributed by atoms with Crippen LogP contribution in [0, 0.1) is 6.92 Å². The third kappa shape index (κ3) is 3.97. The van der Waals surface area contributed by atoms with E-state index in [1.165, 1.54) is 6.07 Å². The Hall–Kier alpha value is -2.99. The standard InChI is InChI=1S/C21H19ClO6/c1-4-26-18(23)11-27-21-19(24)15-10-16(22)12(2)9-17(15)28-20(21)13-5-7-14(25-3)8-6-13/h5-10H,4,11H2,1-3H3. The van der Waals surface area contributed by atoms with Gasteiger partial charge in [0.05, 0.1) is 19.1 Å². The summed E-state index contributed by atoms with van der Waals surface area (Å²) in [5.74, 6) is 0.213. The average molecular weight is 403 g/mol. The number of esters is 1. The molecule has 0 spiro atoms. The number of hydrogen-bond acceptors (Lipinski definition) is 6. The van der Waals surface area contributed by atoms with Crippen molar-refractivity contribution in [3.8, 4) is 22.8 Å². The Morgan fingerprint density at radius 2 is 1.89 bits per heavy atom. The molecule has 0 saturated carbocycles. The van der Waals surface area contributed by atoms with Crippen LogP contribution in [-0.4, -0.2) is 26.3 Å². The molecule has 1 heterocycles. The predicted molar refractivity (Wildman–Crippen MR) is 106 cm³/mol. The molecule has 0 atom stereocenters. The van der Waals surface area contributed by atoms with E-state index >= 15 is 0 Å². The molecular formula is C21H19ClO6. The molecule has 1 aromatic heterocycles. The molecule has 28 heavy (non-hydrogen) atoms. The maximum atomic E-state index is 13.1. The Kier molecular flexibility index (Phi) is 5.90. The highest BCUT2D eigenvalue weighted by atomic mass is 35.5. The lowest BCUT2D eigenvalue weighted by Gasteiger charge is -2.12. The van der Waals surface area contributed by atoms with Crippen molar-refractivity contribution in [2.24, 2.45) is 0 Å². The van der Waals surface area contributed by atoms with Crippen molar-refractivity contribution in [2.45, 2.75) is 13.8 Å². The highest BCUT2D eigenvalue weighted by Crippen LogP contribution is 2.33. The number of hydrogen-bond donors (Lipinski definition) is 0. The van der Waals surface area contributed by atoms with E-state index in [-0.39, 0.29) is 23.5 Å². The smallest absolute Gasteiger partial charge is 0.344 e. The van der Waals surface area contributed by atoms with Crippen LogP contribution in [0.3, 0.4) is 0 Å². The quantitative estimate of drug-likeness (QED) is 0.570. The number of methoxy groups -OCH3 is 1. The lowest BCUT2D eigenvalue weighted by atomic mass is 10.1. The predicted octanol–water partition coefficient (Wildman–Crippen LogP) is 4.37. The van der Waals surface area contributed by atoms with Gasteiger partial charge in [-0.15, -0.1) is 0 Å². The zero-order valence-electron chi connectivity index (χ0n) is 15.7. The molecule has 0 aliphatic rings. The molecule has 0 fully saturated rings. The maximum Gasteiger partial charge on any atom is 0.344 e. The number of aryl methyl sites for hydroxylation is 1. The molecule has 7 heteroatoms. The molecule has 0 radical (unpaired) electrons. The Balaban J connectivity index is 2.17. The first kappa shape index (κ1) is 19.8. The van der Waals surface area contributed by atoms with Crippen LogP contribution in [0.1, 0.15) is 12.5 Å². The van der Waals surface area contributed by atoms with E-state index in [9.17, 15) is 9.59 Å². The van der Waals surface area contributed by atoms with Gasteiger partial charge >= 0.3 is 5.97 Å². The summed E-state index contributed by atoms with van der Waals surface area (Å²) in [6.07, 6.45) is 0. The van der Waals surface area contributed by atoms with Crippen LogP contribution >= 0.6 is 11.6 Å². The van der Waals surface area contributed by atoms with Crippen LogP contribution in [-0.2, 0) is 9.53 Å². The zero-order chi connectivity index (χ0) is 20.3. The summed E-state index contributed by atoms with van der Waals surface area (Å²) in [6, 6.07) is 10.2. The second-order valence-electron chi connectivity index (χ2n) is 6.01. The molecule has 0 saturated heterocycles. The number of fused-ring (bicyclic) bond motifs is 1. The van der Waals surface area contributed by atoms with E-state index in [2.05, 4.69) is 0 Å². The van der Waals surface area contributed by atoms with Gasteiger partial charge in [0.25, 0.3) is 0 Å². The number of halogens is 1. The van der Waals surface area contributed by atoms with Crippen LogP contribution in [0.25, 0.3) is 22.3 Å². The zero-order valence-corrected chi connectivity index (χ0v) is 16.5. The van der Waals surface area contributed by atoms with E-state index in [0.29, 0.717) is 21.9 Å². The van der Waals surface area contributed by atoms with Crippen molar-refractivity contribution < 1.29 is 23.4 Å². The van der Waals surface area contributed by atoms with Crippen LogP contribution < -0.4 is 14.9 Å². The topological polar surface area (TPSA) is 75.0 Å². The van der Waals surface area contributed by atoms with Crippen LogP contribution in [0.2, 0.25) is 5.02 Å². The normalized spacial score (nSPS) is 10.7. The first-order valence-corrected chi connectivity index (χ1v) is 9.02. The summed E-state index contributed by atoms with van der Waals surface area (Å²) in [6.45, 7) is 3.32. The minimum atomic E-state index is -0.579. The van der Waals surface area contributed by atoms with Gasteiger partial charge < -0.3 is 18.6 Å². The lowest BCUT2D eigenvalue weighted by Crippen LogP contribution is -2.18. The van der Waals surface area contributed by atoms with Gasteiger partial charge in [-0.2, -0.15) is 0 Å². The Morgan fingerprint density at radius 1 is 1.18 bits per heavy atom. The van der Waals surface area contributed by atoms with Crippen LogP contribution in [0.15, 0.2) is 45.6 Å². The maximum absolute atomic E-state index is 13.1. The fraction of sp³-hybridized carbons (Fsp3) is 0.238. The first-order valence-electron chi connectivity index (χ1n) is 8.64. The van der Waals surface area contributed by atoms with Crippen LogP contribution in [0.5, 0.6) is 11.5 Å². The molecular weight excluding hydrogens is 384 g/mol. The second-order valence-corrected chi connectivity index (χ2v) is 6.42. The highest BCUT2D eigenvalue weighted by molar-refractivity contribution is 6.32. The van der Waals surface area contributed by atoms with Crippen LogP contribution in [0.4, 0.5) is 0 Å². The second kappa shape index (κ2) is 8.35. The van der Waals surface area contributed by atoms with Gasteiger partial charge in [-0.05, 0) is 55.8 Å². The van der Waals surface area contributed by atoms with Gasteiger partial charge in [0.2, 0.25) is 11.2 Å². The van der Waals surface area contributed by atoms with Crippen molar-refractivity contribution in [2.75, 3.05) is 20.3 Å². The molecule has 0 bridgehead atoms. The van der Waals surface area contributed by atoms with Gasteiger partial charge in [-0.3, -0.25) is 4.79 Å². The fourth-order valence-electron chi connectivity index (χ4n) is 2.70. The number of carbonyl (C=O) groups is 1. The summed E-state index contributed by atoms with van der Waals surface area (Å²) in [5.41, 5.74) is 1.34. The van der Waals surface area contributed by atoms with Gasteiger partial charge in [-0.25, -0.2) is 4.79 Å². The molecule has 0 amide bonds. The number of ether oxygens (including phenoxy) is 3. The molecule has 2 aromatic carbocycles. The molecule has 0 aliphatic carbocycles. The van der Waals surface area contributed by atoms with Crippen molar-refractivity contribution in [3.63, 3.8) is 0 Å². The van der Waals surface area contributed by atoms with Gasteiger partial charge in [0.1, 0.15) is 11.3 Å². The lowest BCUT2D eigenvalue weighted by molar-refractivity contribution is -0.145. The molecule has 0 aliphatic heterocycles. The van der Waals surface area contributed by atoms with E-state index in [4.69, 9.17) is 30.2 Å². The molecule has 0 unspecified atom stereocenters. The van der Waals surface area contributed by atoms with Crippen molar-refractivity contribution in [1.82, 2.24) is 0 Å². The van der Waals surface area contributed by atoms with Gasteiger partial charge in [0, 0.05) is 10.6 Å². The summed E-state index contributed by atoms with van der Waals surface area (Å²) in [4.78, 5) is 24.8. The van der Waals surface area contributed by atoms with Crippen molar-refractivity contribution >= 4 is 28.5 Å². The summed E-state index contributed by atoms with van der Waals surface area (Å²) >= 11 is 6.16. The minimum Gasteiger partial charge on any atom is -0.497 e. The van der Waals surface area contributed by atoms with E-state index in [1.807, 2.05) is 6.92 Å².